The monoisotopic (exact) mass is 301 g/mol. The van der Waals surface area contributed by atoms with Gasteiger partial charge in [-0.25, -0.2) is 0 Å². The highest BCUT2D eigenvalue weighted by molar-refractivity contribution is 4.58. The summed E-state index contributed by atoms with van der Waals surface area (Å²) in [4.78, 5) is 0. The second-order valence-electron chi connectivity index (χ2n) is 4.66. The molecule has 0 fully saturated rings. The lowest BCUT2D eigenvalue weighted by Gasteiger charge is -2.13. The van der Waals surface area contributed by atoms with E-state index in [0.29, 0.717) is 6.61 Å². The number of nitrogens with one attached hydrogen (secondary N) is 1. The molecule has 1 unspecified atom stereocenters. The SMILES string of the molecule is CCCCCCOCC(O)CNCCOCC(F)(F)F. The summed E-state index contributed by atoms with van der Waals surface area (Å²) >= 11 is 0. The van der Waals surface area contributed by atoms with Crippen LogP contribution in [-0.2, 0) is 9.47 Å². The third kappa shape index (κ3) is 15.7. The molecular weight excluding hydrogens is 275 g/mol. The largest absolute Gasteiger partial charge is 0.411 e. The molecule has 0 aliphatic carbocycles. The topological polar surface area (TPSA) is 50.7 Å². The van der Waals surface area contributed by atoms with Gasteiger partial charge in [-0.3, -0.25) is 0 Å². The van der Waals surface area contributed by atoms with Crippen LogP contribution < -0.4 is 5.32 Å². The molecule has 0 amide bonds. The molecule has 122 valence electrons. The highest BCUT2D eigenvalue weighted by atomic mass is 19.4. The Kier molecular flexibility index (Phi) is 12.1. The van der Waals surface area contributed by atoms with Gasteiger partial charge in [-0.1, -0.05) is 26.2 Å². The number of alkyl halides is 3. The van der Waals surface area contributed by atoms with E-state index < -0.39 is 18.9 Å². The number of halogens is 3. The maximum absolute atomic E-state index is 11.7. The van der Waals surface area contributed by atoms with Crippen LogP contribution in [0.25, 0.3) is 0 Å². The Bertz CT molecular complexity index is 216. The third-order valence-corrected chi connectivity index (χ3v) is 2.52. The van der Waals surface area contributed by atoms with Gasteiger partial charge in [0.15, 0.2) is 0 Å². The van der Waals surface area contributed by atoms with Crippen LogP contribution in [0.3, 0.4) is 0 Å². The van der Waals surface area contributed by atoms with Crippen LogP contribution in [0, 0.1) is 0 Å². The van der Waals surface area contributed by atoms with Crippen molar-refractivity contribution in [2.45, 2.75) is 44.9 Å². The Labute approximate surface area is 118 Å². The Hall–Kier alpha value is -0.370. The summed E-state index contributed by atoms with van der Waals surface area (Å²) in [6.45, 7) is 2.28. The predicted molar refractivity (Wildman–Crippen MR) is 70.7 cm³/mol. The van der Waals surface area contributed by atoms with Crippen LogP contribution in [0.2, 0.25) is 0 Å². The van der Waals surface area contributed by atoms with E-state index in [9.17, 15) is 18.3 Å². The second-order valence-corrected chi connectivity index (χ2v) is 4.66. The van der Waals surface area contributed by atoms with Gasteiger partial charge in [0.2, 0.25) is 0 Å². The summed E-state index contributed by atoms with van der Waals surface area (Å²) in [6.07, 6.45) is -0.469. The molecule has 0 aliphatic rings. The maximum Gasteiger partial charge on any atom is 0.411 e. The highest BCUT2D eigenvalue weighted by Gasteiger charge is 2.27. The lowest BCUT2D eigenvalue weighted by molar-refractivity contribution is -0.173. The molecule has 7 heteroatoms. The summed E-state index contributed by atoms with van der Waals surface area (Å²) in [6, 6.07) is 0. The molecule has 2 N–H and O–H groups in total. The summed E-state index contributed by atoms with van der Waals surface area (Å²) in [5.74, 6) is 0. The van der Waals surface area contributed by atoms with Crippen LogP contribution in [0.15, 0.2) is 0 Å². The summed E-state index contributed by atoms with van der Waals surface area (Å²) in [5.41, 5.74) is 0. The van der Waals surface area contributed by atoms with Gasteiger partial charge < -0.3 is 19.9 Å². The Morgan fingerprint density at radius 3 is 2.50 bits per heavy atom. The van der Waals surface area contributed by atoms with Crippen molar-refractivity contribution in [1.29, 1.82) is 0 Å². The van der Waals surface area contributed by atoms with Crippen molar-refractivity contribution in [2.75, 3.05) is 39.5 Å². The predicted octanol–water partition coefficient (Wildman–Crippen LogP) is 2.11. The van der Waals surface area contributed by atoms with E-state index >= 15 is 0 Å². The third-order valence-electron chi connectivity index (χ3n) is 2.52. The first-order valence-corrected chi connectivity index (χ1v) is 7.06. The molecule has 0 spiro atoms. The van der Waals surface area contributed by atoms with E-state index in [1.807, 2.05) is 0 Å². The number of ether oxygens (including phenoxy) is 2. The molecule has 1 atom stereocenters. The molecule has 0 bridgehead atoms. The molecule has 0 aromatic carbocycles. The summed E-state index contributed by atoms with van der Waals surface area (Å²) < 4.78 is 44.9. The van der Waals surface area contributed by atoms with Crippen molar-refractivity contribution in [2.24, 2.45) is 0 Å². The van der Waals surface area contributed by atoms with Crippen molar-refractivity contribution in [3.8, 4) is 0 Å². The van der Waals surface area contributed by atoms with Crippen molar-refractivity contribution in [3.63, 3.8) is 0 Å². The van der Waals surface area contributed by atoms with Crippen molar-refractivity contribution in [1.82, 2.24) is 5.32 Å². The summed E-state index contributed by atoms with van der Waals surface area (Å²) in [5, 5.41) is 12.3. The van der Waals surface area contributed by atoms with E-state index in [2.05, 4.69) is 17.0 Å². The van der Waals surface area contributed by atoms with Crippen molar-refractivity contribution in [3.05, 3.63) is 0 Å². The lowest BCUT2D eigenvalue weighted by atomic mass is 10.2. The molecule has 0 aromatic heterocycles. The Morgan fingerprint density at radius 1 is 1.10 bits per heavy atom. The van der Waals surface area contributed by atoms with Crippen LogP contribution in [0.4, 0.5) is 13.2 Å². The standard InChI is InChI=1S/C13H26F3NO3/c1-2-3-4-5-7-19-10-12(18)9-17-6-8-20-11-13(14,15)16/h12,17-18H,2-11H2,1H3. The first-order valence-electron chi connectivity index (χ1n) is 7.06. The van der Waals surface area contributed by atoms with Gasteiger partial charge in [0.25, 0.3) is 0 Å². The summed E-state index contributed by atoms with van der Waals surface area (Å²) in [7, 11) is 0. The molecule has 0 aliphatic heterocycles. The maximum atomic E-state index is 11.7. The average Bonchev–Trinajstić information content (AvgIpc) is 2.36. The molecule has 0 radical (unpaired) electrons. The van der Waals surface area contributed by atoms with Crippen molar-refractivity contribution >= 4 is 0 Å². The van der Waals surface area contributed by atoms with E-state index in [4.69, 9.17) is 4.74 Å². The van der Waals surface area contributed by atoms with Gasteiger partial charge >= 0.3 is 6.18 Å². The molecule has 0 saturated carbocycles. The molecule has 4 nitrogen and oxygen atoms in total. The van der Waals surface area contributed by atoms with Gasteiger partial charge in [0.1, 0.15) is 6.61 Å². The number of aliphatic hydroxyl groups excluding tert-OH is 1. The van der Waals surface area contributed by atoms with Crippen LogP contribution in [-0.4, -0.2) is 56.9 Å². The molecule has 0 aromatic rings. The van der Waals surface area contributed by atoms with E-state index in [-0.39, 0.29) is 26.3 Å². The Balaban J connectivity index is 3.22. The number of hydrogen-bond donors (Lipinski definition) is 2. The zero-order chi connectivity index (χ0) is 15.3. The average molecular weight is 301 g/mol. The fourth-order valence-electron chi connectivity index (χ4n) is 1.51. The van der Waals surface area contributed by atoms with Gasteiger partial charge in [0.05, 0.1) is 19.3 Å². The number of rotatable bonds is 13. The zero-order valence-corrected chi connectivity index (χ0v) is 12.0. The minimum Gasteiger partial charge on any atom is -0.389 e. The van der Waals surface area contributed by atoms with Crippen LogP contribution >= 0.6 is 0 Å². The molecular formula is C13H26F3NO3. The highest BCUT2D eigenvalue weighted by Crippen LogP contribution is 2.13. The number of aliphatic hydroxyl groups is 1. The fraction of sp³-hybridized carbons (Fsp3) is 1.00. The van der Waals surface area contributed by atoms with Gasteiger partial charge in [0, 0.05) is 19.7 Å². The van der Waals surface area contributed by atoms with Crippen LogP contribution in [0.1, 0.15) is 32.6 Å². The molecule has 0 saturated heterocycles. The van der Waals surface area contributed by atoms with Gasteiger partial charge in [-0.2, -0.15) is 13.2 Å². The van der Waals surface area contributed by atoms with Gasteiger partial charge in [-0.05, 0) is 6.42 Å². The van der Waals surface area contributed by atoms with E-state index in [1.165, 1.54) is 12.8 Å². The quantitative estimate of drug-likeness (QED) is 0.512. The van der Waals surface area contributed by atoms with E-state index in [1.54, 1.807) is 0 Å². The molecule has 0 rings (SSSR count). The van der Waals surface area contributed by atoms with Crippen LogP contribution in [0.5, 0.6) is 0 Å². The van der Waals surface area contributed by atoms with E-state index in [0.717, 1.165) is 12.8 Å². The molecule has 0 heterocycles. The zero-order valence-electron chi connectivity index (χ0n) is 12.0. The molecule has 20 heavy (non-hydrogen) atoms. The van der Waals surface area contributed by atoms with Gasteiger partial charge in [-0.15, -0.1) is 0 Å². The number of unbranched alkanes of at least 4 members (excludes halogenated alkanes) is 3. The first kappa shape index (κ1) is 19.6. The second kappa shape index (κ2) is 12.4. The fourth-order valence-corrected chi connectivity index (χ4v) is 1.51. The lowest BCUT2D eigenvalue weighted by Crippen LogP contribution is -2.33. The minimum atomic E-state index is -4.29. The Morgan fingerprint density at radius 2 is 1.85 bits per heavy atom. The first-order chi connectivity index (χ1) is 9.45. The minimum absolute atomic E-state index is 0.0376. The van der Waals surface area contributed by atoms with Crippen molar-refractivity contribution < 1.29 is 27.8 Å². The number of hydrogen-bond acceptors (Lipinski definition) is 4. The smallest absolute Gasteiger partial charge is 0.389 e. The normalized spacial score (nSPS) is 13.7.